The van der Waals surface area contributed by atoms with Crippen molar-refractivity contribution < 1.29 is 9.84 Å². The van der Waals surface area contributed by atoms with E-state index in [-0.39, 0.29) is 6.54 Å². The van der Waals surface area contributed by atoms with Crippen molar-refractivity contribution in [2.24, 2.45) is 4.99 Å². The molecule has 2 rings (SSSR count). The molecule has 0 fully saturated rings. The summed E-state index contributed by atoms with van der Waals surface area (Å²) in [5.41, 5.74) is 1.61. The highest BCUT2D eigenvalue weighted by Crippen LogP contribution is 2.23. The lowest BCUT2D eigenvalue weighted by Crippen LogP contribution is -2.39. The van der Waals surface area contributed by atoms with Crippen LogP contribution in [0.15, 0.2) is 41.5 Å². The summed E-state index contributed by atoms with van der Waals surface area (Å²) < 4.78 is 5.11. The number of ether oxygens (including phenoxy) is 1. The molecule has 1 aromatic carbocycles. The molecule has 140 valence electrons. The third-order valence-electron chi connectivity index (χ3n) is 3.50. The SMILES string of the molecule is CCNC(=NCc1ccnc(OC)c1)NCC(O)c1cc(Cl)cc(Cl)c1. The van der Waals surface area contributed by atoms with Crippen molar-refractivity contribution in [2.75, 3.05) is 20.2 Å². The molecule has 1 unspecified atom stereocenters. The van der Waals surface area contributed by atoms with Gasteiger partial charge in [0.2, 0.25) is 5.88 Å². The van der Waals surface area contributed by atoms with Crippen molar-refractivity contribution in [3.63, 3.8) is 0 Å². The molecule has 0 spiro atoms. The van der Waals surface area contributed by atoms with Crippen LogP contribution in [0.4, 0.5) is 0 Å². The fourth-order valence-electron chi connectivity index (χ4n) is 2.25. The Morgan fingerprint density at radius 2 is 1.96 bits per heavy atom. The smallest absolute Gasteiger partial charge is 0.213 e. The first-order chi connectivity index (χ1) is 12.5. The third kappa shape index (κ3) is 6.37. The lowest BCUT2D eigenvalue weighted by atomic mass is 10.1. The summed E-state index contributed by atoms with van der Waals surface area (Å²) in [7, 11) is 1.57. The normalized spacial score (nSPS) is 12.6. The number of hydrogen-bond acceptors (Lipinski definition) is 4. The largest absolute Gasteiger partial charge is 0.481 e. The fourth-order valence-corrected chi connectivity index (χ4v) is 2.79. The van der Waals surface area contributed by atoms with Crippen LogP contribution < -0.4 is 15.4 Å². The van der Waals surface area contributed by atoms with Gasteiger partial charge in [-0.25, -0.2) is 9.98 Å². The zero-order chi connectivity index (χ0) is 18.9. The summed E-state index contributed by atoms with van der Waals surface area (Å²) in [5, 5.41) is 17.6. The molecule has 0 aliphatic carbocycles. The fraction of sp³-hybridized carbons (Fsp3) is 0.333. The van der Waals surface area contributed by atoms with Crippen LogP contribution in [0.1, 0.15) is 24.2 Å². The average Bonchev–Trinajstić information content (AvgIpc) is 2.63. The Labute approximate surface area is 163 Å². The van der Waals surface area contributed by atoms with E-state index in [1.54, 1.807) is 31.5 Å². The molecule has 1 aromatic heterocycles. The Morgan fingerprint density at radius 3 is 2.62 bits per heavy atom. The maximum atomic E-state index is 10.4. The number of aliphatic hydroxyl groups excluding tert-OH is 1. The number of aromatic nitrogens is 1. The summed E-state index contributed by atoms with van der Waals surface area (Å²) in [4.78, 5) is 8.58. The minimum atomic E-state index is -0.768. The van der Waals surface area contributed by atoms with Crippen LogP contribution in [0.25, 0.3) is 0 Å². The third-order valence-corrected chi connectivity index (χ3v) is 3.94. The van der Waals surface area contributed by atoms with Gasteiger partial charge in [-0.2, -0.15) is 0 Å². The highest BCUT2D eigenvalue weighted by Gasteiger charge is 2.10. The van der Waals surface area contributed by atoms with Gasteiger partial charge in [0.1, 0.15) is 0 Å². The van der Waals surface area contributed by atoms with E-state index in [1.165, 1.54) is 0 Å². The number of rotatable bonds is 7. The highest BCUT2D eigenvalue weighted by molar-refractivity contribution is 6.34. The van der Waals surface area contributed by atoms with E-state index in [1.807, 2.05) is 19.1 Å². The Hall–Kier alpha value is -2.02. The number of pyridine rings is 1. The second kappa shape index (κ2) is 10.2. The lowest BCUT2D eigenvalue weighted by Gasteiger charge is -2.16. The Kier molecular flexibility index (Phi) is 7.97. The topological polar surface area (TPSA) is 78.8 Å². The van der Waals surface area contributed by atoms with Crippen molar-refractivity contribution >= 4 is 29.2 Å². The number of aliphatic hydroxyl groups is 1. The molecule has 0 saturated heterocycles. The number of hydrogen-bond donors (Lipinski definition) is 3. The van der Waals surface area contributed by atoms with Crippen molar-refractivity contribution in [2.45, 2.75) is 19.6 Å². The molecule has 6 nitrogen and oxygen atoms in total. The van der Waals surface area contributed by atoms with Crippen LogP contribution in [-0.4, -0.2) is 36.2 Å². The van der Waals surface area contributed by atoms with Crippen molar-refractivity contribution in [3.8, 4) is 5.88 Å². The summed E-state index contributed by atoms with van der Waals surface area (Å²) >= 11 is 12.0. The molecule has 0 bridgehead atoms. The Bertz CT molecular complexity index is 735. The maximum Gasteiger partial charge on any atom is 0.213 e. The predicted octanol–water partition coefficient (Wildman–Crippen LogP) is 3.19. The van der Waals surface area contributed by atoms with Gasteiger partial charge >= 0.3 is 0 Å². The summed E-state index contributed by atoms with van der Waals surface area (Å²) in [6.45, 7) is 3.39. The van der Waals surface area contributed by atoms with Crippen molar-refractivity contribution in [3.05, 3.63) is 57.7 Å². The van der Waals surface area contributed by atoms with Gasteiger partial charge in [-0.3, -0.25) is 0 Å². The molecule has 0 aliphatic rings. The maximum absolute atomic E-state index is 10.4. The lowest BCUT2D eigenvalue weighted by molar-refractivity contribution is 0.181. The van der Waals surface area contributed by atoms with E-state index in [4.69, 9.17) is 27.9 Å². The van der Waals surface area contributed by atoms with Gasteiger partial charge in [0.05, 0.1) is 19.8 Å². The molecule has 1 atom stereocenters. The molecule has 2 aromatic rings. The molecular weight excluding hydrogens is 375 g/mol. The van der Waals surface area contributed by atoms with E-state index >= 15 is 0 Å². The van der Waals surface area contributed by atoms with E-state index in [2.05, 4.69) is 20.6 Å². The first kappa shape index (κ1) is 20.3. The second-order valence-corrected chi connectivity index (χ2v) is 6.37. The number of guanidine groups is 1. The van der Waals surface area contributed by atoms with Gasteiger partial charge in [0.15, 0.2) is 5.96 Å². The first-order valence-corrected chi connectivity index (χ1v) is 8.92. The van der Waals surface area contributed by atoms with Crippen LogP contribution in [0, 0.1) is 0 Å². The van der Waals surface area contributed by atoms with Crippen LogP contribution in [0.2, 0.25) is 10.0 Å². The number of methoxy groups -OCH3 is 1. The van der Waals surface area contributed by atoms with Gasteiger partial charge < -0.3 is 20.5 Å². The van der Waals surface area contributed by atoms with Gasteiger partial charge in [-0.15, -0.1) is 0 Å². The molecule has 0 aliphatic heterocycles. The van der Waals surface area contributed by atoms with E-state index in [9.17, 15) is 5.11 Å². The van der Waals surface area contributed by atoms with Gasteiger partial charge in [-0.1, -0.05) is 23.2 Å². The molecule has 0 saturated carbocycles. The molecule has 0 radical (unpaired) electrons. The molecular formula is C18H22Cl2N4O2. The molecule has 1 heterocycles. The predicted molar refractivity (Wildman–Crippen MR) is 105 cm³/mol. The standard InChI is InChI=1S/C18H22Cl2N4O2/c1-3-21-18(23-10-12-4-5-22-17(6-12)26-2)24-11-16(25)13-7-14(19)9-15(20)8-13/h4-9,16,25H,3,10-11H2,1-2H3,(H2,21,23,24). The quantitative estimate of drug-likeness (QED) is 0.494. The van der Waals surface area contributed by atoms with Crippen molar-refractivity contribution in [1.29, 1.82) is 0 Å². The number of nitrogens with zero attached hydrogens (tertiary/aromatic N) is 2. The van der Waals surface area contributed by atoms with E-state index < -0.39 is 6.10 Å². The van der Waals surface area contributed by atoms with Gasteiger partial charge in [-0.05, 0) is 42.3 Å². The van der Waals surface area contributed by atoms with E-state index in [0.717, 1.165) is 5.56 Å². The monoisotopic (exact) mass is 396 g/mol. The summed E-state index contributed by atoms with van der Waals surface area (Å²) in [5.74, 6) is 1.14. The minimum absolute atomic E-state index is 0.266. The number of nitrogens with one attached hydrogen (secondary N) is 2. The van der Waals surface area contributed by atoms with E-state index in [0.29, 0.717) is 40.5 Å². The Morgan fingerprint density at radius 1 is 1.23 bits per heavy atom. The number of benzene rings is 1. The first-order valence-electron chi connectivity index (χ1n) is 8.17. The number of halogens is 2. The zero-order valence-electron chi connectivity index (χ0n) is 14.7. The highest BCUT2D eigenvalue weighted by atomic mass is 35.5. The molecule has 0 amide bonds. The summed E-state index contributed by atoms with van der Waals surface area (Å²) in [6.07, 6.45) is 0.910. The van der Waals surface area contributed by atoms with Crippen molar-refractivity contribution in [1.82, 2.24) is 15.6 Å². The molecule has 8 heteroatoms. The Balaban J connectivity index is 2.00. The second-order valence-electron chi connectivity index (χ2n) is 5.50. The van der Waals surface area contributed by atoms with Gasteiger partial charge in [0, 0.05) is 35.4 Å². The van der Waals surface area contributed by atoms with Gasteiger partial charge in [0.25, 0.3) is 0 Å². The molecule has 26 heavy (non-hydrogen) atoms. The number of aliphatic imine (C=N–C) groups is 1. The minimum Gasteiger partial charge on any atom is -0.481 e. The average molecular weight is 397 g/mol. The van der Waals surface area contributed by atoms with Crippen LogP contribution >= 0.6 is 23.2 Å². The van der Waals surface area contributed by atoms with Crippen LogP contribution in [-0.2, 0) is 6.54 Å². The van der Waals surface area contributed by atoms with Crippen LogP contribution in [0.5, 0.6) is 5.88 Å². The zero-order valence-corrected chi connectivity index (χ0v) is 16.2. The van der Waals surface area contributed by atoms with Crippen LogP contribution in [0.3, 0.4) is 0 Å². The molecule has 3 N–H and O–H groups in total. The summed E-state index contributed by atoms with van der Waals surface area (Å²) in [6, 6.07) is 8.70.